The van der Waals surface area contributed by atoms with Crippen molar-refractivity contribution in [2.75, 3.05) is 5.32 Å². The van der Waals surface area contributed by atoms with Gasteiger partial charge in [0.15, 0.2) is 23.0 Å². The summed E-state index contributed by atoms with van der Waals surface area (Å²) in [5.74, 6) is 0.0500. The van der Waals surface area contributed by atoms with Crippen LogP contribution in [0.2, 0.25) is 0 Å². The summed E-state index contributed by atoms with van der Waals surface area (Å²) in [5, 5.41) is 59.7. The van der Waals surface area contributed by atoms with Crippen LogP contribution in [0.25, 0.3) is 22.3 Å². The van der Waals surface area contributed by atoms with E-state index < -0.39 is 0 Å². The van der Waals surface area contributed by atoms with E-state index in [4.69, 9.17) is 4.74 Å². The van der Waals surface area contributed by atoms with Crippen LogP contribution >= 0.6 is 0 Å². The van der Waals surface area contributed by atoms with Crippen molar-refractivity contribution in [2.45, 2.75) is 62.3 Å². The number of hydrogen-bond acceptors (Lipinski definition) is 7. The molecule has 4 aromatic rings. The van der Waals surface area contributed by atoms with Gasteiger partial charge < -0.3 is 35.6 Å². The molecule has 0 saturated carbocycles. The van der Waals surface area contributed by atoms with Crippen LogP contribution < -0.4 is 21.0 Å². The van der Waals surface area contributed by atoms with Crippen molar-refractivity contribution >= 4 is 38.0 Å². The van der Waals surface area contributed by atoms with E-state index in [9.17, 15) is 25.5 Å². The number of ether oxygens (including phenoxy) is 1. The summed E-state index contributed by atoms with van der Waals surface area (Å²) in [6.07, 6.45) is 0. The van der Waals surface area contributed by atoms with Crippen LogP contribution in [-0.2, 0) is 0 Å². The Bertz CT molecular complexity index is 1700. The Kier molecular flexibility index (Phi) is 6.64. The zero-order chi connectivity index (χ0) is 31.3. The number of anilines is 2. The molecule has 1 heterocycles. The third-order valence-corrected chi connectivity index (χ3v) is 9.76. The molecule has 1 aliphatic heterocycles. The van der Waals surface area contributed by atoms with Crippen LogP contribution in [0.5, 0.6) is 40.2 Å². The van der Waals surface area contributed by atoms with Crippen molar-refractivity contribution in [3.05, 3.63) is 50.1 Å². The van der Waals surface area contributed by atoms with E-state index >= 15 is 0 Å². The Morgan fingerprint density at radius 3 is 1.45 bits per heavy atom. The van der Waals surface area contributed by atoms with E-state index in [1.165, 1.54) is 0 Å². The largest absolute Gasteiger partial charge is 0.507 e. The summed E-state index contributed by atoms with van der Waals surface area (Å²) in [6, 6.07) is 0. The van der Waals surface area contributed by atoms with E-state index in [2.05, 4.69) is 5.32 Å². The summed E-state index contributed by atoms with van der Waals surface area (Å²) >= 11 is 0. The summed E-state index contributed by atoms with van der Waals surface area (Å²) in [6.45, 7) is 16.7. The Balaban J connectivity index is 1.81. The first kappa shape index (κ1) is 29.1. The lowest BCUT2D eigenvalue weighted by Crippen LogP contribution is -2.21. The molecule has 0 fully saturated rings. The second-order valence-electron chi connectivity index (χ2n) is 11.8. The van der Waals surface area contributed by atoms with Gasteiger partial charge in [-0.05, 0) is 118 Å². The number of phenols is 5. The molecule has 0 bridgehead atoms. The van der Waals surface area contributed by atoms with Gasteiger partial charge in [0.25, 0.3) is 0 Å². The predicted molar refractivity (Wildman–Crippen MR) is 174 cm³/mol. The molecule has 42 heavy (non-hydrogen) atoms. The van der Waals surface area contributed by atoms with Gasteiger partial charge in [0.2, 0.25) is 0 Å². The zero-order valence-electron chi connectivity index (χ0n) is 26.1. The minimum Gasteiger partial charge on any atom is -0.507 e. The SMILES string of the molecule is Bc1c(C)c(-c2c(B)c(C)c(O)c(C)c2C)c(O)c2c1Nc1c(O)c(C)c(-c3c(C)c(C)c(C)c(O)c3C)c(O)c1O2. The zero-order valence-corrected chi connectivity index (χ0v) is 26.1. The minimum absolute atomic E-state index is 0.0202. The number of aromatic hydroxyl groups is 5. The molecule has 0 radical (unpaired) electrons. The van der Waals surface area contributed by atoms with Crippen molar-refractivity contribution in [1.82, 2.24) is 0 Å². The van der Waals surface area contributed by atoms with Gasteiger partial charge >= 0.3 is 0 Å². The number of nitrogens with one attached hydrogen (secondary N) is 1. The molecular weight excluding hydrogens is 528 g/mol. The van der Waals surface area contributed by atoms with Gasteiger partial charge in [-0.3, -0.25) is 0 Å². The number of phenolic OH excluding ortho intramolecular Hbond substituents is 5. The van der Waals surface area contributed by atoms with Crippen LogP contribution in [0.4, 0.5) is 11.4 Å². The van der Waals surface area contributed by atoms with E-state index in [1.807, 2.05) is 64.2 Å². The van der Waals surface area contributed by atoms with Gasteiger partial charge in [0, 0.05) is 16.7 Å². The molecule has 0 atom stereocenters. The van der Waals surface area contributed by atoms with Gasteiger partial charge in [-0.25, -0.2) is 0 Å². The molecule has 1 aliphatic rings. The first-order chi connectivity index (χ1) is 19.5. The molecule has 0 saturated heterocycles. The first-order valence-electron chi connectivity index (χ1n) is 14.0. The Hall–Kier alpha value is -4.39. The van der Waals surface area contributed by atoms with Crippen LogP contribution in [0, 0.1) is 62.3 Å². The van der Waals surface area contributed by atoms with Crippen molar-refractivity contribution in [2.24, 2.45) is 0 Å². The van der Waals surface area contributed by atoms with Crippen molar-refractivity contribution < 1.29 is 30.3 Å². The Labute approximate surface area is 248 Å². The molecule has 4 aromatic carbocycles. The molecule has 9 heteroatoms. The van der Waals surface area contributed by atoms with E-state index in [1.54, 1.807) is 13.8 Å². The monoisotopic (exact) mass is 565 g/mol. The van der Waals surface area contributed by atoms with Gasteiger partial charge in [0.1, 0.15) is 38.6 Å². The summed E-state index contributed by atoms with van der Waals surface area (Å²) in [7, 11) is 3.83. The maximum Gasteiger partial charge on any atom is 0.197 e. The lowest BCUT2D eigenvalue weighted by atomic mass is 9.75. The molecule has 0 unspecified atom stereocenters. The smallest absolute Gasteiger partial charge is 0.197 e. The van der Waals surface area contributed by atoms with Crippen LogP contribution in [0.3, 0.4) is 0 Å². The fourth-order valence-corrected chi connectivity index (χ4v) is 6.45. The Morgan fingerprint density at radius 2 is 0.857 bits per heavy atom. The molecule has 0 aromatic heterocycles. The van der Waals surface area contributed by atoms with Crippen LogP contribution in [0.1, 0.15) is 50.1 Å². The first-order valence-corrected chi connectivity index (χ1v) is 14.0. The molecule has 0 amide bonds. The lowest BCUT2D eigenvalue weighted by Gasteiger charge is -2.31. The topological polar surface area (TPSA) is 122 Å². The van der Waals surface area contributed by atoms with Gasteiger partial charge in [0.05, 0.1) is 5.69 Å². The fourth-order valence-electron chi connectivity index (χ4n) is 6.45. The summed E-state index contributed by atoms with van der Waals surface area (Å²) < 4.78 is 6.33. The van der Waals surface area contributed by atoms with Crippen molar-refractivity contribution in [3.8, 4) is 62.5 Å². The second kappa shape index (κ2) is 9.58. The molecule has 7 nitrogen and oxygen atoms in total. The van der Waals surface area contributed by atoms with E-state index in [0.717, 1.165) is 55.4 Å². The van der Waals surface area contributed by atoms with Crippen molar-refractivity contribution in [1.29, 1.82) is 0 Å². The highest BCUT2D eigenvalue weighted by Crippen LogP contribution is 2.60. The van der Waals surface area contributed by atoms with Gasteiger partial charge in [-0.2, -0.15) is 0 Å². The minimum atomic E-state index is -0.213. The normalized spacial score (nSPS) is 12.0. The average molecular weight is 565 g/mol. The Morgan fingerprint density at radius 1 is 0.405 bits per heavy atom. The predicted octanol–water partition coefficient (Wildman–Crippen LogP) is 4.69. The maximum absolute atomic E-state index is 11.8. The standard InChI is InChI=1S/C33H37B2NO6/c1-10-11(2)19(16(7)27(37)13(10)4)22-17(8)29(39)26-33(31(22)41)42-32-25(36-26)24(35)15(6)21(30(32)40)20-12(3)14(5)28(38)18(9)23(20)34/h36-41H,34-35H2,1-9H3. The second-order valence-corrected chi connectivity index (χ2v) is 11.8. The molecule has 216 valence electrons. The lowest BCUT2D eigenvalue weighted by molar-refractivity contribution is 0.381. The highest BCUT2D eigenvalue weighted by Gasteiger charge is 2.35. The molecule has 0 spiro atoms. The van der Waals surface area contributed by atoms with Crippen LogP contribution in [0.15, 0.2) is 0 Å². The summed E-state index contributed by atoms with van der Waals surface area (Å²) in [4.78, 5) is 0. The fraction of sp³-hybridized carbons (Fsp3) is 0.273. The van der Waals surface area contributed by atoms with E-state index in [-0.39, 0.29) is 45.9 Å². The molecule has 6 N–H and O–H groups in total. The van der Waals surface area contributed by atoms with E-state index in [0.29, 0.717) is 33.5 Å². The highest BCUT2D eigenvalue weighted by molar-refractivity contribution is 6.40. The third-order valence-electron chi connectivity index (χ3n) is 9.76. The molecular formula is C33H37B2NO6. The van der Waals surface area contributed by atoms with Crippen molar-refractivity contribution in [3.63, 3.8) is 0 Å². The maximum atomic E-state index is 11.8. The summed E-state index contributed by atoms with van der Waals surface area (Å²) in [5.41, 5.74) is 11.3. The van der Waals surface area contributed by atoms with Crippen LogP contribution in [-0.4, -0.2) is 41.2 Å². The molecule has 5 rings (SSSR count). The third kappa shape index (κ3) is 3.68. The average Bonchev–Trinajstić information content (AvgIpc) is 2.97. The van der Waals surface area contributed by atoms with Gasteiger partial charge in [-0.1, -0.05) is 10.9 Å². The van der Waals surface area contributed by atoms with Gasteiger partial charge in [-0.15, -0.1) is 0 Å². The molecule has 0 aliphatic carbocycles. The number of fused-ring (bicyclic) bond motifs is 2. The number of hydrogen-bond donors (Lipinski definition) is 6. The number of benzene rings is 4. The highest BCUT2D eigenvalue weighted by atomic mass is 16.5. The number of rotatable bonds is 2. The quantitative estimate of drug-likeness (QED) is 0.104.